The van der Waals surface area contributed by atoms with Crippen LogP contribution in [0.2, 0.25) is 0 Å². The van der Waals surface area contributed by atoms with E-state index in [-0.39, 0.29) is 5.91 Å². The zero-order valence-electron chi connectivity index (χ0n) is 11.7. The van der Waals surface area contributed by atoms with E-state index in [1.807, 2.05) is 30.3 Å². The van der Waals surface area contributed by atoms with Crippen molar-refractivity contribution in [3.05, 3.63) is 35.9 Å². The van der Waals surface area contributed by atoms with Gasteiger partial charge in [-0.2, -0.15) is 0 Å². The molecule has 3 N–H and O–H groups in total. The van der Waals surface area contributed by atoms with Crippen LogP contribution in [-0.2, 0) is 10.3 Å². The van der Waals surface area contributed by atoms with Gasteiger partial charge in [0.2, 0.25) is 5.91 Å². The number of nitrogens with two attached hydrogens (primary N) is 1. The van der Waals surface area contributed by atoms with Crippen LogP contribution in [0.1, 0.15) is 24.8 Å². The topological polar surface area (TPSA) is 58.4 Å². The number of hydrogen-bond donors (Lipinski definition) is 2. The number of likely N-dealkylation sites (N-methyl/N-ethyl adjacent to an activating group) is 2. The average molecular weight is 261 g/mol. The summed E-state index contributed by atoms with van der Waals surface area (Å²) in [5.74, 6) is -0.327. The maximum Gasteiger partial charge on any atom is 0.243 e. The number of amides is 1. The highest BCUT2D eigenvalue weighted by molar-refractivity contribution is 5.86. The predicted octanol–water partition coefficient (Wildman–Crippen LogP) is 1.07. The molecule has 0 spiro atoms. The van der Waals surface area contributed by atoms with Gasteiger partial charge in [-0.3, -0.25) is 4.79 Å². The monoisotopic (exact) mass is 261 g/mol. The SMILES string of the molecule is CNC(CN(C)C1CCC1)(C(N)=O)c1ccccc1. The second kappa shape index (κ2) is 5.72. The summed E-state index contributed by atoms with van der Waals surface area (Å²) < 4.78 is 0. The first-order valence-corrected chi connectivity index (χ1v) is 6.85. The molecule has 2 rings (SSSR count). The Hall–Kier alpha value is -1.39. The summed E-state index contributed by atoms with van der Waals surface area (Å²) in [4.78, 5) is 14.3. The first-order valence-electron chi connectivity index (χ1n) is 6.85. The molecule has 1 aromatic rings. The van der Waals surface area contributed by atoms with Gasteiger partial charge in [0.25, 0.3) is 0 Å². The third-order valence-electron chi connectivity index (χ3n) is 4.30. The molecule has 1 aliphatic rings. The van der Waals surface area contributed by atoms with E-state index in [1.54, 1.807) is 7.05 Å². The van der Waals surface area contributed by atoms with Crippen LogP contribution < -0.4 is 11.1 Å². The van der Waals surface area contributed by atoms with Crippen molar-refractivity contribution in [2.24, 2.45) is 5.73 Å². The lowest BCUT2D eigenvalue weighted by molar-refractivity contribution is -0.125. The standard InChI is InChI=1S/C15H23N3O/c1-17-15(14(16)19,12-7-4-3-5-8-12)11-18(2)13-9-6-10-13/h3-5,7-8,13,17H,6,9-11H2,1-2H3,(H2,16,19). The van der Waals surface area contributed by atoms with E-state index in [2.05, 4.69) is 17.3 Å². The average Bonchev–Trinajstić information content (AvgIpc) is 2.34. The molecule has 1 aliphatic carbocycles. The Labute approximate surface area is 115 Å². The molecule has 1 saturated carbocycles. The molecule has 1 atom stereocenters. The third-order valence-corrected chi connectivity index (χ3v) is 4.30. The molecule has 0 radical (unpaired) electrons. The molecular weight excluding hydrogens is 238 g/mol. The van der Waals surface area contributed by atoms with Gasteiger partial charge in [-0.15, -0.1) is 0 Å². The van der Waals surface area contributed by atoms with Crippen molar-refractivity contribution in [1.82, 2.24) is 10.2 Å². The Morgan fingerprint density at radius 3 is 2.47 bits per heavy atom. The van der Waals surface area contributed by atoms with Crippen LogP contribution in [0.5, 0.6) is 0 Å². The summed E-state index contributed by atoms with van der Waals surface area (Å²) in [6.45, 7) is 0.605. The van der Waals surface area contributed by atoms with E-state index >= 15 is 0 Å². The second-order valence-electron chi connectivity index (χ2n) is 5.39. The Kier molecular flexibility index (Phi) is 4.22. The van der Waals surface area contributed by atoms with Gasteiger partial charge in [0, 0.05) is 12.6 Å². The molecule has 19 heavy (non-hydrogen) atoms. The van der Waals surface area contributed by atoms with E-state index in [0.29, 0.717) is 12.6 Å². The first kappa shape index (κ1) is 14.0. The molecule has 104 valence electrons. The fourth-order valence-electron chi connectivity index (χ4n) is 2.71. The van der Waals surface area contributed by atoms with Crippen molar-refractivity contribution in [3.8, 4) is 0 Å². The maximum absolute atomic E-state index is 12.1. The summed E-state index contributed by atoms with van der Waals surface area (Å²) in [5, 5.41) is 3.15. The second-order valence-corrected chi connectivity index (χ2v) is 5.39. The van der Waals surface area contributed by atoms with Crippen molar-refractivity contribution in [2.45, 2.75) is 30.8 Å². The zero-order valence-corrected chi connectivity index (χ0v) is 11.7. The molecular formula is C15H23N3O. The first-order chi connectivity index (χ1) is 9.10. The van der Waals surface area contributed by atoms with Crippen LogP contribution in [0.25, 0.3) is 0 Å². The largest absolute Gasteiger partial charge is 0.368 e. The predicted molar refractivity (Wildman–Crippen MR) is 76.6 cm³/mol. The number of rotatable bonds is 6. The van der Waals surface area contributed by atoms with E-state index in [0.717, 1.165) is 5.56 Å². The van der Waals surface area contributed by atoms with E-state index in [9.17, 15) is 4.79 Å². The minimum absolute atomic E-state index is 0.327. The number of hydrogen-bond acceptors (Lipinski definition) is 3. The third kappa shape index (κ3) is 2.65. The molecule has 1 amide bonds. The maximum atomic E-state index is 12.1. The number of carbonyl (C=O) groups excluding carboxylic acids is 1. The van der Waals surface area contributed by atoms with Gasteiger partial charge in [0.05, 0.1) is 0 Å². The van der Waals surface area contributed by atoms with Gasteiger partial charge in [-0.25, -0.2) is 0 Å². The van der Waals surface area contributed by atoms with Gasteiger partial charge in [0.15, 0.2) is 0 Å². The van der Waals surface area contributed by atoms with E-state index in [1.165, 1.54) is 19.3 Å². The number of carbonyl (C=O) groups is 1. The van der Waals surface area contributed by atoms with Gasteiger partial charge in [-0.1, -0.05) is 36.8 Å². The molecule has 0 saturated heterocycles. The highest BCUT2D eigenvalue weighted by Gasteiger charge is 2.39. The Balaban J connectivity index is 2.26. The molecule has 0 aliphatic heterocycles. The highest BCUT2D eigenvalue weighted by Crippen LogP contribution is 2.28. The minimum atomic E-state index is -0.814. The van der Waals surface area contributed by atoms with Crippen LogP contribution in [-0.4, -0.2) is 37.5 Å². The van der Waals surface area contributed by atoms with Gasteiger partial charge in [0.1, 0.15) is 5.54 Å². The number of primary amides is 1. The summed E-state index contributed by atoms with van der Waals surface area (Å²) >= 11 is 0. The molecule has 0 heterocycles. The van der Waals surface area contributed by atoms with Crippen LogP contribution in [0, 0.1) is 0 Å². The van der Waals surface area contributed by atoms with E-state index in [4.69, 9.17) is 5.73 Å². The van der Waals surface area contributed by atoms with Crippen molar-refractivity contribution < 1.29 is 4.79 Å². The van der Waals surface area contributed by atoms with Crippen LogP contribution in [0.4, 0.5) is 0 Å². The fourth-order valence-corrected chi connectivity index (χ4v) is 2.71. The highest BCUT2D eigenvalue weighted by atomic mass is 16.1. The number of benzene rings is 1. The molecule has 4 nitrogen and oxygen atoms in total. The zero-order chi connectivity index (χ0) is 13.9. The van der Waals surface area contributed by atoms with E-state index < -0.39 is 5.54 Å². The molecule has 4 heteroatoms. The minimum Gasteiger partial charge on any atom is -0.368 e. The molecule has 1 aromatic carbocycles. The molecule has 0 aromatic heterocycles. The Morgan fingerprint density at radius 1 is 1.42 bits per heavy atom. The summed E-state index contributed by atoms with van der Waals surface area (Å²) in [6.07, 6.45) is 3.71. The van der Waals surface area contributed by atoms with Gasteiger partial charge in [-0.05, 0) is 32.5 Å². The normalized spacial score (nSPS) is 18.9. The molecule has 1 unspecified atom stereocenters. The Bertz CT molecular complexity index is 430. The lowest BCUT2D eigenvalue weighted by Crippen LogP contribution is -2.59. The van der Waals surface area contributed by atoms with Crippen molar-refractivity contribution >= 4 is 5.91 Å². The lowest BCUT2D eigenvalue weighted by Gasteiger charge is -2.41. The summed E-state index contributed by atoms with van der Waals surface area (Å²) in [7, 11) is 3.87. The fraction of sp³-hybridized carbons (Fsp3) is 0.533. The van der Waals surface area contributed by atoms with Crippen LogP contribution in [0.15, 0.2) is 30.3 Å². The van der Waals surface area contributed by atoms with Crippen LogP contribution in [0.3, 0.4) is 0 Å². The van der Waals surface area contributed by atoms with Gasteiger partial charge < -0.3 is 16.0 Å². The van der Waals surface area contributed by atoms with Crippen molar-refractivity contribution in [2.75, 3.05) is 20.6 Å². The van der Waals surface area contributed by atoms with Crippen molar-refractivity contribution in [3.63, 3.8) is 0 Å². The van der Waals surface area contributed by atoms with Crippen molar-refractivity contribution in [1.29, 1.82) is 0 Å². The Morgan fingerprint density at radius 2 is 2.05 bits per heavy atom. The molecule has 0 bridgehead atoms. The summed E-state index contributed by atoms with van der Waals surface area (Å²) in [5.41, 5.74) is 5.81. The number of nitrogens with one attached hydrogen (secondary N) is 1. The lowest BCUT2D eigenvalue weighted by atomic mass is 9.85. The van der Waals surface area contributed by atoms with Crippen LogP contribution >= 0.6 is 0 Å². The molecule has 1 fully saturated rings. The number of nitrogens with zero attached hydrogens (tertiary/aromatic N) is 1. The van der Waals surface area contributed by atoms with Gasteiger partial charge >= 0.3 is 0 Å². The summed E-state index contributed by atoms with van der Waals surface area (Å²) in [6, 6.07) is 10.3. The smallest absolute Gasteiger partial charge is 0.243 e. The quantitative estimate of drug-likeness (QED) is 0.805.